The number of aliphatic hydroxyl groups is 1. The first kappa shape index (κ1) is 19.0. The molecule has 3 aliphatic heterocycles. The monoisotopic (exact) mass is 408 g/mol. The van der Waals surface area contributed by atoms with Gasteiger partial charge in [0.15, 0.2) is 0 Å². The third-order valence-corrected chi connectivity index (χ3v) is 6.38. The maximum absolute atomic E-state index is 13.4. The normalized spacial score (nSPS) is 28.9. The number of carbonyl (C=O) groups excluding carboxylic acids is 2. The highest BCUT2D eigenvalue weighted by atomic mass is 16.5. The van der Waals surface area contributed by atoms with E-state index in [0.29, 0.717) is 19.5 Å². The van der Waals surface area contributed by atoms with Gasteiger partial charge in [-0.2, -0.15) is 5.10 Å². The molecule has 8 heteroatoms. The summed E-state index contributed by atoms with van der Waals surface area (Å²) in [5.41, 5.74) is 1.88. The van der Waals surface area contributed by atoms with Gasteiger partial charge in [0.05, 0.1) is 36.7 Å². The topological polar surface area (TPSA) is 98.8 Å². The minimum atomic E-state index is -0.749. The Morgan fingerprint density at radius 1 is 1.37 bits per heavy atom. The second-order valence-corrected chi connectivity index (χ2v) is 8.24. The number of aromatic amines is 1. The van der Waals surface area contributed by atoms with Crippen LogP contribution < -0.4 is 4.90 Å². The summed E-state index contributed by atoms with van der Waals surface area (Å²) in [6, 6.07) is 9.43. The summed E-state index contributed by atoms with van der Waals surface area (Å²) in [4.78, 5) is 30.1. The highest BCUT2D eigenvalue weighted by molar-refractivity contribution is 6.03. The van der Waals surface area contributed by atoms with Crippen LogP contribution in [0.4, 0.5) is 5.69 Å². The maximum Gasteiger partial charge on any atom is 0.234 e. The van der Waals surface area contributed by atoms with Crippen LogP contribution in [0.5, 0.6) is 0 Å². The Morgan fingerprint density at radius 3 is 2.87 bits per heavy atom. The van der Waals surface area contributed by atoms with Crippen molar-refractivity contribution in [2.24, 2.45) is 11.8 Å². The van der Waals surface area contributed by atoms with Crippen LogP contribution in [0.1, 0.15) is 11.3 Å². The van der Waals surface area contributed by atoms with Gasteiger partial charge in [-0.1, -0.05) is 24.3 Å². The Hall–Kier alpha value is -2.97. The van der Waals surface area contributed by atoms with Crippen LogP contribution in [0.3, 0.4) is 0 Å². The summed E-state index contributed by atoms with van der Waals surface area (Å²) in [6.07, 6.45) is 5.73. The van der Waals surface area contributed by atoms with Gasteiger partial charge < -0.3 is 19.6 Å². The van der Waals surface area contributed by atoms with Gasteiger partial charge in [-0.3, -0.25) is 14.7 Å². The molecule has 0 aliphatic carbocycles. The van der Waals surface area contributed by atoms with Gasteiger partial charge in [0.2, 0.25) is 11.8 Å². The Bertz CT molecular complexity index is 987. The van der Waals surface area contributed by atoms with Crippen LogP contribution in [0.2, 0.25) is 0 Å². The van der Waals surface area contributed by atoms with Crippen molar-refractivity contribution in [3.8, 4) is 0 Å². The number of fused-ring (bicyclic) bond motifs is 1. The summed E-state index contributed by atoms with van der Waals surface area (Å²) in [5, 5.41) is 15.9. The molecule has 1 aromatic carbocycles. The Kier molecular flexibility index (Phi) is 4.48. The van der Waals surface area contributed by atoms with E-state index in [1.807, 2.05) is 42.5 Å². The number of aromatic nitrogens is 2. The number of ether oxygens (including phenoxy) is 1. The van der Waals surface area contributed by atoms with Crippen molar-refractivity contribution in [3.05, 3.63) is 59.9 Å². The number of nitrogens with zero attached hydrogens (tertiary/aromatic N) is 3. The molecular formula is C22H24N4O4. The van der Waals surface area contributed by atoms with Gasteiger partial charge in [0.25, 0.3) is 0 Å². The third kappa shape index (κ3) is 2.86. The number of benzene rings is 1. The van der Waals surface area contributed by atoms with Crippen molar-refractivity contribution in [1.29, 1.82) is 0 Å². The van der Waals surface area contributed by atoms with E-state index >= 15 is 0 Å². The molecule has 8 nitrogen and oxygen atoms in total. The minimum Gasteiger partial charge on any atom is -0.396 e. The Labute approximate surface area is 174 Å². The van der Waals surface area contributed by atoms with Crippen LogP contribution in [0.25, 0.3) is 0 Å². The van der Waals surface area contributed by atoms with Gasteiger partial charge in [-0.25, -0.2) is 0 Å². The third-order valence-electron chi connectivity index (χ3n) is 6.38. The smallest absolute Gasteiger partial charge is 0.234 e. The van der Waals surface area contributed by atoms with Crippen LogP contribution in [0.15, 0.2) is 48.7 Å². The van der Waals surface area contributed by atoms with Crippen LogP contribution in [0, 0.1) is 11.8 Å². The van der Waals surface area contributed by atoms with E-state index in [4.69, 9.17) is 9.84 Å². The Morgan fingerprint density at radius 2 is 2.17 bits per heavy atom. The summed E-state index contributed by atoms with van der Waals surface area (Å²) in [6.45, 7) is 0.885. The number of hydrogen-bond acceptors (Lipinski definition) is 5. The van der Waals surface area contributed by atoms with Crippen molar-refractivity contribution >= 4 is 17.5 Å². The van der Waals surface area contributed by atoms with Crippen molar-refractivity contribution in [3.63, 3.8) is 0 Å². The fourth-order valence-corrected chi connectivity index (χ4v) is 4.93. The lowest BCUT2D eigenvalue weighted by Gasteiger charge is -2.27. The number of aliphatic hydroxyl groups excluding tert-OH is 1. The molecule has 30 heavy (non-hydrogen) atoms. The SMILES string of the molecule is CN(Cc1ccn[nH]1)C(=O)[C@@H]1[C@@H]2C=C[C@@]3(CN(c4ccc(CCO)cc4)C(=O)[C@@H]13)O2. The van der Waals surface area contributed by atoms with Gasteiger partial charge >= 0.3 is 0 Å². The van der Waals surface area contributed by atoms with E-state index in [2.05, 4.69) is 10.2 Å². The number of carbonyl (C=O) groups is 2. The molecule has 0 radical (unpaired) electrons. The standard InChI is InChI=1S/C22H24N4O4/c1-25(12-15-7-10-23-24-15)20(28)18-17-6-9-22(30-17)13-26(21(29)19(18)22)16-4-2-14(3-5-16)8-11-27/h2-7,9-10,17-19,27H,8,11-13H2,1H3,(H,23,24)/t17-,18+,19+,22-/m0/s1. The van der Waals surface area contributed by atoms with Crippen molar-refractivity contribution in [1.82, 2.24) is 15.1 Å². The molecule has 2 amide bonds. The summed E-state index contributed by atoms with van der Waals surface area (Å²) in [7, 11) is 1.74. The number of hydrogen-bond donors (Lipinski definition) is 2. The first-order chi connectivity index (χ1) is 14.5. The summed E-state index contributed by atoms with van der Waals surface area (Å²) in [5.74, 6) is -1.24. The molecular weight excluding hydrogens is 384 g/mol. The second kappa shape index (κ2) is 7.07. The molecule has 5 rings (SSSR count). The zero-order chi connectivity index (χ0) is 20.9. The molecule has 2 saturated heterocycles. The lowest BCUT2D eigenvalue weighted by molar-refractivity contribution is -0.139. The number of anilines is 1. The maximum atomic E-state index is 13.4. The Balaban J connectivity index is 1.39. The zero-order valence-corrected chi connectivity index (χ0v) is 16.7. The number of H-pyrrole nitrogens is 1. The lowest BCUT2D eigenvalue weighted by Crippen LogP contribution is -2.44. The molecule has 2 fully saturated rings. The van der Waals surface area contributed by atoms with Gasteiger partial charge in [-0.05, 0) is 30.2 Å². The molecule has 0 saturated carbocycles. The molecule has 1 aromatic heterocycles. The quantitative estimate of drug-likeness (QED) is 0.692. The minimum absolute atomic E-state index is 0.0787. The largest absolute Gasteiger partial charge is 0.396 e. The second-order valence-electron chi connectivity index (χ2n) is 8.24. The molecule has 156 valence electrons. The number of amides is 2. The van der Waals surface area contributed by atoms with Gasteiger partial charge in [-0.15, -0.1) is 0 Å². The average molecular weight is 408 g/mol. The number of rotatable bonds is 6. The fraction of sp³-hybridized carbons (Fsp3) is 0.409. The van der Waals surface area contributed by atoms with E-state index in [1.54, 1.807) is 23.0 Å². The van der Waals surface area contributed by atoms with Crippen molar-refractivity contribution < 1.29 is 19.4 Å². The first-order valence-electron chi connectivity index (χ1n) is 10.1. The molecule has 0 unspecified atom stereocenters. The predicted octanol–water partition coefficient (Wildman–Crippen LogP) is 0.889. The first-order valence-corrected chi connectivity index (χ1v) is 10.1. The molecule has 1 spiro atoms. The predicted molar refractivity (Wildman–Crippen MR) is 108 cm³/mol. The fourth-order valence-electron chi connectivity index (χ4n) is 4.93. The van der Waals surface area contributed by atoms with E-state index in [1.165, 1.54) is 0 Å². The molecule has 3 aliphatic rings. The van der Waals surface area contributed by atoms with Gasteiger partial charge in [0.1, 0.15) is 5.60 Å². The van der Waals surface area contributed by atoms with E-state index < -0.39 is 17.4 Å². The number of nitrogens with one attached hydrogen (secondary N) is 1. The van der Waals surface area contributed by atoms with Crippen molar-refractivity contribution in [2.75, 3.05) is 25.1 Å². The average Bonchev–Trinajstić information content (AvgIpc) is 3.51. The van der Waals surface area contributed by atoms with E-state index in [-0.39, 0.29) is 24.5 Å². The van der Waals surface area contributed by atoms with Gasteiger partial charge in [0, 0.05) is 25.5 Å². The van der Waals surface area contributed by atoms with Crippen LogP contribution in [-0.4, -0.2) is 63.9 Å². The summed E-state index contributed by atoms with van der Waals surface area (Å²) < 4.78 is 6.21. The summed E-state index contributed by atoms with van der Waals surface area (Å²) >= 11 is 0. The molecule has 2 N–H and O–H groups in total. The molecule has 2 bridgehead atoms. The van der Waals surface area contributed by atoms with Crippen LogP contribution in [-0.2, 0) is 27.3 Å². The van der Waals surface area contributed by atoms with Crippen molar-refractivity contribution in [2.45, 2.75) is 24.7 Å². The molecule has 4 atom stereocenters. The lowest BCUT2D eigenvalue weighted by atomic mass is 9.76. The van der Waals surface area contributed by atoms with E-state index in [9.17, 15) is 9.59 Å². The highest BCUT2D eigenvalue weighted by Gasteiger charge is 2.67. The zero-order valence-electron chi connectivity index (χ0n) is 16.7. The van der Waals surface area contributed by atoms with Crippen LogP contribution >= 0.6 is 0 Å². The molecule has 4 heterocycles. The molecule has 2 aromatic rings. The highest BCUT2D eigenvalue weighted by Crippen LogP contribution is 2.53. The van der Waals surface area contributed by atoms with E-state index in [0.717, 1.165) is 16.9 Å².